The first kappa shape index (κ1) is 7.60. The van der Waals surface area contributed by atoms with E-state index in [0.29, 0.717) is 27.1 Å². The van der Waals surface area contributed by atoms with Gasteiger partial charge in [-0.2, -0.15) is 0 Å². The standard InChI is InChI=1S/C8H8N4O/c9-6-1-2-7(10)8-5(6)3-4-11-12(8)13/h1-4,9,13H,10H2. The van der Waals surface area contributed by atoms with Gasteiger partial charge in [0.05, 0.1) is 17.2 Å². The van der Waals surface area contributed by atoms with Crippen LogP contribution in [0.4, 0.5) is 5.69 Å². The van der Waals surface area contributed by atoms with Crippen molar-refractivity contribution in [3.8, 4) is 11.3 Å². The Labute approximate surface area is 73.9 Å². The molecule has 1 heterocycles. The third kappa shape index (κ3) is 1.01. The fourth-order valence-electron chi connectivity index (χ4n) is 1.25. The minimum absolute atomic E-state index is 0.314. The van der Waals surface area contributed by atoms with Crippen molar-refractivity contribution in [3.05, 3.63) is 29.8 Å². The minimum Gasteiger partial charge on any atom is -0.411 e. The number of rotatable bonds is 0. The molecule has 0 unspecified atom stereocenters. The molecule has 0 amide bonds. The molecule has 13 heavy (non-hydrogen) atoms. The maximum absolute atomic E-state index is 9.32. The van der Waals surface area contributed by atoms with Crippen LogP contribution in [0.2, 0.25) is 0 Å². The van der Waals surface area contributed by atoms with Crippen LogP contribution in [0.5, 0.6) is 0 Å². The van der Waals surface area contributed by atoms with Crippen molar-refractivity contribution in [2.24, 2.45) is 0 Å². The molecule has 0 atom stereocenters. The molecule has 0 saturated heterocycles. The Hall–Kier alpha value is -2.04. The first-order valence-corrected chi connectivity index (χ1v) is 3.70. The van der Waals surface area contributed by atoms with Crippen LogP contribution in [0.3, 0.4) is 0 Å². The zero-order valence-electron chi connectivity index (χ0n) is 6.73. The number of hydrogen-bond acceptors (Lipinski definition) is 4. The van der Waals surface area contributed by atoms with E-state index in [-0.39, 0.29) is 0 Å². The van der Waals surface area contributed by atoms with Crippen LogP contribution in [0.25, 0.3) is 11.3 Å². The molecule has 0 saturated carbocycles. The number of anilines is 1. The number of hydrogen-bond donors (Lipinski definition) is 3. The minimum atomic E-state index is 0.314. The van der Waals surface area contributed by atoms with Gasteiger partial charge < -0.3 is 16.4 Å². The molecule has 0 aromatic heterocycles. The van der Waals surface area contributed by atoms with E-state index in [4.69, 9.17) is 11.1 Å². The van der Waals surface area contributed by atoms with E-state index in [1.54, 1.807) is 18.2 Å². The SMILES string of the molecule is N=c1ccc(N)c2n(O)nccc1-2. The smallest absolute Gasteiger partial charge is 0.133 e. The Bertz CT molecular complexity index is 476. The number of nitrogen functional groups attached to an aromatic ring is 1. The Balaban J connectivity index is 2.96. The van der Waals surface area contributed by atoms with E-state index < -0.39 is 0 Å². The van der Waals surface area contributed by atoms with Gasteiger partial charge in [-0.05, 0) is 18.2 Å². The van der Waals surface area contributed by atoms with E-state index in [9.17, 15) is 5.21 Å². The molecule has 5 nitrogen and oxygen atoms in total. The summed E-state index contributed by atoms with van der Waals surface area (Å²) in [7, 11) is 0. The second kappa shape index (κ2) is 2.48. The van der Waals surface area contributed by atoms with Crippen LogP contribution < -0.4 is 11.1 Å². The van der Waals surface area contributed by atoms with Crippen LogP contribution in [0, 0.1) is 5.41 Å². The molecular formula is C8H8N4O. The van der Waals surface area contributed by atoms with Gasteiger partial charge in [0.15, 0.2) is 0 Å². The molecule has 0 aromatic carbocycles. The average Bonchev–Trinajstić information content (AvgIpc) is 2.12. The lowest BCUT2D eigenvalue weighted by atomic mass is 10.1. The summed E-state index contributed by atoms with van der Waals surface area (Å²) >= 11 is 0. The molecule has 0 fully saturated rings. The maximum Gasteiger partial charge on any atom is 0.133 e. The van der Waals surface area contributed by atoms with Crippen molar-refractivity contribution in [2.45, 2.75) is 0 Å². The first-order valence-electron chi connectivity index (χ1n) is 3.70. The highest BCUT2D eigenvalue weighted by molar-refractivity contribution is 5.72. The summed E-state index contributed by atoms with van der Waals surface area (Å²) in [6, 6.07) is 4.79. The second-order valence-corrected chi connectivity index (χ2v) is 2.69. The predicted octanol–water partition coefficient (Wildman–Crippen LogP) is 0.287. The Kier molecular flexibility index (Phi) is 1.45. The van der Waals surface area contributed by atoms with Crippen molar-refractivity contribution in [3.63, 3.8) is 0 Å². The zero-order valence-corrected chi connectivity index (χ0v) is 6.73. The molecular weight excluding hydrogens is 168 g/mol. The van der Waals surface area contributed by atoms with E-state index in [2.05, 4.69) is 5.10 Å². The number of benzene rings is 1. The van der Waals surface area contributed by atoms with Gasteiger partial charge in [-0.1, -0.05) is 4.85 Å². The third-order valence-corrected chi connectivity index (χ3v) is 1.87. The average molecular weight is 176 g/mol. The topological polar surface area (TPSA) is 87.9 Å². The molecule has 0 spiro atoms. The van der Waals surface area contributed by atoms with Crippen LogP contribution >= 0.6 is 0 Å². The third-order valence-electron chi connectivity index (χ3n) is 1.87. The largest absolute Gasteiger partial charge is 0.411 e. The van der Waals surface area contributed by atoms with Crippen molar-refractivity contribution < 1.29 is 5.21 Å². The molecule has 66 valence electrons. The summed E-state index contributed by atoms with van der Waals surface area (Å²) in [5.74, 6) is 0. The molecule has 2 rings (SSSR count). The summed E-state index contributed by atoms with van der Waals surface area (Å²) < 4.78 is 0. The summed E-state index contributed by atoms with van der Waals surface area (Å²) in [6.45, 7) is 0. The number of fused-ring (bicyclic) bond motifs is 1. The molecule has 0 aromatic rings. The number of nitrogens with one attached hydrogen (secondary N) is 1. The van der Waals surface area contributed by atoms with Crippen LogP contribution in [0.1, 0.15) is 0 Å². The lowest BCUT2D eigenvalue weighted by molar-refractivity contribution is 0.149. The van der Waals surface area contributed by atoms with Gasteiger partial charge in [-0.3, -0.25) is 0 Å². The van der Waals surface area contributed by atoms with Crippen molar-refractivity contribution >= 4 is 5.69 Å². The van der Waals surface area contributed by atoms with Gasteiger partial charge in [0.2, 0.25) is 0 Å². The molecule has 0 bridgehead atoms. The highest BCUT2D eigenvalue weighted by atomic mass is 16.5. The highest BCUT2D eigenvalue weighted by Crippen LogP contribution is 2.21. The summed E-state index contributed by atoms with van der Waals surface area (Å²) in [6.07, 6.45) is 1.42. The summed E-state index contributed by atoms with van der Waals surface area (Å²) in [5.41, 5.74) is 6.98. The normalized spacial score (nSPS) is 10.5. The van der Waals surface area contributed by atoms with E-state index >= 15 is 0 Å². The van der Waals surface area contributed by atoms with Crippen LogP contribution in [-0.4, -0.2) is 15.2 Å². The van der Waals surface area contributed by atoms with Gasteiger partial charge in [0.1, 0.15) is 5.69 Å². The van der Waals surface area contributed by atoms with Gasteiger partial charge in [0.25, 0.3) is 0 Å². The fraction of sp³-hybridized carbons (Fsp3) is 0. The van der Waals surface area contributed by atoms with Crippen molar-refractivity contribution in [1.29, 1.82) is 5.41 Å². The number of nitrogens with zero attached hydrogens (tertiary/aromatic N) is 2. The lowest BCUT2D eigenvalue weighted by Gasteiger charge is -2.09. The van der Waals surface area contributed by atoms with E-state index in [0.717, 1.165) is 0 Å². The monoisotopic (exact) mass is 176 g/mol. The maximum atomic E-state index is 9.32. The van der Waals surface area contributed by atoms with Crippen molar-refractivity contribution in [2.75, 3.05) is 5.73 Å². The van der Waals surface area contributed by atoms with Gasteiger partial charge in [0, 0.05) is 5.56 Å². The molecule has 1 aliphatic carbocycles. The molecule has 1 aliphatic heterocycles. The summed E-state index contributed by atoms with van der Waals surface area (Å²) in [5, 5.41) is 20.8. The highest BCUT2D eigenvalue weighted by Gasteiger charge is 2.10. The van der Waals surface area contributed by atoms with Crippen LogP contribution in [0.15, 0.2) is 24.4 Å². The second-order valence-electron chi connectivity index (χ2n) is 2.69. The number of aromatic nitrogens is 2. The quantitative estimate of drug-likeness (QED) is 0.398. The fourth-order valence-corrected chi connectivity index (χ4v) is 1.25. The molecule has 0 radical (unpaired) electrons. The van der Waals surface area contributed by atoms with Gasteiger partial charge in [-0.25, -0.2) is 0 Å². The van der Waals surface area contributed by atoms with Gasteiger partial charge >= 0.3 is 0 Å². The zero-order chi connectivity index (χ0) is 9.42. The van der Waals surface area contributed by atoms with E-state index in [1.165, 1.54) is 6.20 Å². The van der Waals surface area contributed by atoms with Crippen LogP contribution in [-0.2, 0) is 0 Å². The Morgan fingerprint density at radius 3 is 2.85 bits per heavy atom. The molecule has 2 aliphatic rings. The van der Waals surface area contributed by atoms with Crippen molar-refractivity contribution in [1.82, 2.24) is 9.94 Å². The number of nitrogens with two attached hydrogens (primary N) is 1. The Morgan fingerprint density at radius 1 is 1.38 bits per heavy atom. The summed E-state index contributed by atoms with van der Waals surface area (Å²) in [4.78, 5) is 0.683. The first-order chi connectivity index (χ1) is 6.20. The Morgan fingerprint density at radius 2 is 2.15 bits per heavy atom. The predicted molar refractivity (Wildman–Crippen MR) is 46.3 cm³/mol. The van der Waals surface area contributed by atoms with E-state index in [1.807, 2.05) is 0 Å². The van der Waals surface area contributed by atoms with Gasteiger partial charge in [-0.15, -0.1) is 5.10 Å². The molecule has 4 N–H and O–H groups in total. The lowest BCUT2D eigenvalue weighted by Crippen LogP contribution is -2.14. The molecule has 5 heteroatoms.